The average molecular weight is 242 g/mol. The van der Waals surface area contributed by atoms with Crippen molar-refractivity contribution in [3.05, 3.63) is 0 Å². The molecule has 0 radical (unpaired) electrons. The van der Waals surface area contributed by atoms with Crippen LogP contribution in [0.15, 0.2) is 0 Å². The Bertz CT molecular complexity index is 268. The number of nitrogens with zero attached hydrogens (tertiary/aromatic N) is 1. The number of likely N-dealkylation sites (tertiary alicyclic amines) is 1. The van der Waals surface area contributed by atoms with E-state index in [-0.39, 0.29) is 18.2 Å². The lowest BCUT2D eigenvalue weighted by molar-refractivity contribution is -0.138. The van der Waals surface area contributed by atoms with Gasteiger partial charge in [-0.25, -0.2) is 0 Å². The zero-order valence-electron chi connectivity index (χ0n) is 10.4. The van der Waals surface area contributed by atoms with E-state index in [2.05, 4.69) is 12.2 Å². The van der Waals surface area contributed by atoms with E-state index in [0.717, 1.165) is 38.9 Å². The minimum Gasteiger partial charge on any atom is -0.481 e. The molecular weight excluding hydrogens is 220 g/mol. The van der Waals surface area contributed by atoms with Gasteiger partial charge in [0.25, 0.3) is 0 Å². The fraction of sp³-hybridized carbons (Fsp3) is 0.833. The summed E-state index contributed by atoms with van der Waals surface area (Å²) < 4.78 is 0. The lowest BCUT2D eigenvalue weighted by atomic mass is 10.1. The van der Waals surface area contributed by atoms with E-state index in [9.17, 15) is 9.59 Å². The molecule has 0 saturated carbocycles. The Morgan fingerprint density at radius 1 is 1.47 bits per heavy atom. The second-order valence-corrected chi connectivity index (χ2v) is 4.69. The van der Waals surface area contributed by atoms with Gasteiger partial charge in [0.1, 0.15) is 0 Å². The molecule has 1 unspecified atom stereocenters. The third-order valence-corrected chi connectivity index (χ3v) is 3.05. The van der Waals surface area contributed by atoms with Crippen molar-refractivity contribution in [3.63, 3.8) is 0 Å². The molecule has 1 fully saturated rings. The average Bonchev–Trinajstić information content (AvgIpc) is 2.64. The van der Waals surface area contributed by atoms with Gasteiger partial charge in [0.2, 0.25) is 5.91 Å². The summed E-state index contributed by atoms with van der Waals surface area (Å²) in [7, 11) is 0. The first-order valence-corrected chi connectivity index (χ1v) is 6.32. The summed E-state index contributed by atoms with van der Waals surface area (Å²) in [5.74, 6) is -0.491. The summed E-state index contributed by atoms with van der Waals surface area (Å²) in [6, 6.07) is 0. The van der Waals surface area contributed by atoms with Crippen LogP contribution in [0.25, 0.3) is 0 Å². The maximum absolute atomic E-state index is 11.5. The third-order valence-electron chi connectivity index (χ3n) is 3.05. The number of hydrogen-bond donors (Lipinski definition) is 2. The highest BCUT2D eigenvalue weighted by Gasteiger charge is 2.25. The maximum Gasteiger partial charge on any atom is 0.303 e. The Kier molecular flexibility index (Phi) is 5.97. The maximum atomic E-state index is 11.5. The van der Waals surface area contributed by atoms with Gasteiger partial charge in [-0.15, -0.1) is 0 Å². The second kappa shape index (κ2) is 7.27. The predicted octanol–water partition coefficient (Wildman–Crippen LogP) is 0.699. The van der Waals surface area contributed by atoms with Gasteiger partial charge < -0.3 is 10.4 Å². The topological polar surface area (TPSA) is 69.6 Å². The largest absolute Gasteiger partial charge is 0.481 e. The number of carboxylic acids is 1. The summed E-state index contributed by atoms with van der Waals surface area (Å²) in [4.78, 5) is 24.1. The fourth-order valence-corrected chi connectivity index (χ4v) is 2.13. The SMILES string of the molecule is CCCCNC(=O)CN1CCC(CC(=O)O)C1. The molecule has 0 aromatic rings. The summed E-state index contributed by atoms with van der Waals surface area (Å²) in [5, 5.41) is 11.6. The van der Waals surface area contributed by atoms with Gasteiger partial charge in [0.05, 0.1) is 6.54 Å². The Morgan fingerprint density at radius 3 is 2.88 bits per heavy atom. The molecule has 0 aromatic heterocycles. The summed E-state index contributed by atoms with van der Waals surface area (Å²) in [5.41, 5.74) is 0. The van der Waals surface area contributed by atoms with Gasteiger partial charge in [0, 0.05) is 19.5 Å². The standard InChI is InChI=1S/C12H22N2O3/c1-2-3-5-13-11(15)9-14-6-4-10(8-14)7-12(16)17/h10H,2-9H2,1H3,(H,13,15)(H,16,17). The van der Waals surface area contributed by atoms with Crippen molar-refractivity contribution in [2.24, 2.45) is 5.92 Å². The van der Waals surface area contributed by atoms with Crippen LogP contribution in [0.4, 0.5) is 0 Å². The van der Waals surface area contributed by atoms with Crippen LogP contribution in [-0.4, -0.2) is 48.1 Å². The van der Waals surface area contributed by atoms with Crippen molar-refractivity contribution in [2.75, 3.05) is 26.2 Å². The van der Waals surface area contributed by atoms with Crippen molar-refractivity contribution in [1.29, 1.82) is 0 Å². The molecule has 2 N–H and O–H groups in total. The molecule has 1 amide bonds. The molecule has 5 heteroatoms. The molecule has 0 aromatic carbocycles. The van der Waals surface area contributed by atoms with Crippen LogP contribution in [-0.2, 0) is 9.59 Å². The Balaban J connectivity index is 2.16. The van der Waals surface area contributed by atoms with Crippen LogP contribution < -0.4 is 5.32 Å². The number of amides is 1. The third kappa shape index (κ3) is 5.68. The minimum atomic E-state index is -0.746. The van der Waals surface area contributed by atoms with Crippen LogP contribution in [0.5, 0.6) is 0 Å². The monoisotopic (exact) mass is 242 g/mol. The lowest BCUT2D eigenvalue weighted by Gasteiger charge is -2.15. The highest BCUT2D eigenvalue weighted by Crippen LogP contribution is 2.18. The first kappa shape index (κ1) is 14.0. The molecule has 5 nitrogen and oxygen atoms in total. The predicted molar refractivity (Wildman–Crippen MR) is 64.7 cm³/mol. The highest BCUT2D eigenvalue weighted by atomic mass is 16.4. The number of rotatable bonds is 7. The molecule has 98 valence electrons. The molecule has 0 bridgehead atoms. The van der Waals surface area contributed by atoms with Crippen LogP contribution in [0.1, 0.15) is 32.6 Å². The van der Waals surface area contributed by atoms with E-state index in [1.54, 1.807) is 0 Å². The normalized spacial score (nSPS) is 20.4. The molecule has 1 rings (SSSR count). The molecule has 17 heavy (non-hydrogen) atoms. The zero-order valence-corrected chi connectivity index (χ0v) is 10.4. The number of carbonyl (C=O) groups excluding carboxylic acids is 1. The fourth-order valence-electron chi connectivity index (χ4n) is 2.13. The van der Waals surface area contributed by atoms with E-state index in [1.165, 1.54) is 0 Å². The minimum absolute atomic E-state index is 0.0504. The molecule has 1 aliphatic rings. The van der Waals surface area contributed by atoms with Gasteiger partial charge in [-0.1, -0.05) is 13.3 Å². The smallest absolute Gasteiger partial charge is 0.303 e. The van der Waals surface area contributed by atoms with Gasteiger partial charge in [-0.2, -0.15) is 0 Å². The molecule has 0 spiro atoms. The van der Waals surface area contributed by atoms with E-state index in [4.69, 9.17) is 5.11 Å². The summed E-state index contributed by atoms with van der Waals surface area (Å²) in [6.07, 6.45) is 3.18. The Morgan fingerprint density at radius 2 is 2.24 bits per heavy atom. The van der Waals surface area contributed by atoms with E-state index >= 15 is 0 Å². The number of aliphatic carboxylic acids is 1. The molecule has 0 aliphatic carbocycles. The van der Waals surface area contributed by atoms with Crippen LogP contribution >= 0.6 is 0 Å². The quantitative estimate of drug-likeness (QED) is 0.645. The number of unbranched alkanes of at least 4 members (excludes halogenated alkanes) is 1. The number of nitrogens with one attached hydrogen (secondary N) is 1. The van der Waals surface area contributed by atoms with Gasteiger partial charge in [-0.05, 0) is 25.3 Å². The molecule has 1 heterocycles. The molecular formula is C12H22N2O3. The van der Waals surface area contributed by atoms with Gasteiger partial charge >= 0.3 is 5.97 Å². The first-order valence-electron chi connectivity index (χ1n) is 6.32. The highest BCUT2D eigenvalue weighted by molar-refractivity contribution is 5.78. The van der Waals surface area contributed by atoms with Gasteiger partial charge in [0.15, 0.2) is 0 Å². The van der Waals surface area contributed by atoms with E-state index in [1.807, 2.05) is 4.90 Å². The number of carboxylic acid groups (broad SMARTS) is 1. The zero-order chi connectivity index (χ0) is 12.7. The van der Waals surface area contributed by atoms with Crippen molar-refractivity contribution < 1.29 is 14.7 Å². The van der Waals surface area contributed by atoms with Crippen molar-refractivity contribution in [3.8, 4) is 0 Å². The molecule has 1 saturated heterocycles. The first-order chi connectivity index (χ1) is 8.11. The van der Waals surface area contributed by atoms with Crippen LogP contribution in [0, 0.1) is 5.92 Å². The Labute approximate surface area is 102 Å². The lowest BCUT2D eigenvalue weighted by Crippen LogP contribution is -2.36. The molecule has 1 atom stereocenters. The Hall–Kier alpha value is -1.10. The van der Waals surface area contributed by atoms with Crippen molar-refractivity contribution >= 4 is 11.9 Å². The van der Waals surface area contributed by atoms with Crippen LogP contribution in [0.3, 0.4) is 0 Å². The summed E-state index contributed by atoms with van der Waals surface area (Å²) >= 11 is 0. The van der Waals surface area contributed by atoms with Gasteiger partial charge in [-0.3, -0.25) is 14.5 Å². The van der Waals surface area contributed by atoms with Crippen molar-refractivity contribution in [2.45, 2.75) is 32.6 Å². The van der Waals surface area contributed by atoms with E-state index < -0.39 is 5.97 Å². The molecule has 1 aliphatic heterocycles. The number of carbonyl (C=O) groups is 2. The van der Waals surface area contributed by atoms with E-state index in [0.29, 0.717) is 6.54 Å². The summed E-state index contributed by atoms with van der Waals surface area (Å²) in [6.45, 7) is 4.79. The second-order valence-electron chi connectivity index (χ2n) is 4.69. The van der Waals surface area contributed by atoms with Crippen molar-refractivity contribution in [1.82, 2.24) is 10.2 Å². The number of hydrogen-bond acceptors (Lipinski definition) is 3. The van der Waals surface area contributed by atoms with Crippen LogP contribution in [0.2, 0.25) is 0 Å².